The lowest BCUT2D eigenvalue weighted by atomic mass is 10.1. The Bertz CT molecular complexity index is 648. The van der Waals surface area contributed by atoms with Gasteiger partial charge in [-0.15, -0.1) is 0 Å². The van der Waals surface area contributed by atoms with E-state index >= 15 is 0 Å². The van der Waals surface area contributed by atoms with E-state index in [4.69, 9.17) is 0 Å². The largest absolute Gasteiger partial charge is 0.419 e. The van der Waals surface area contributed by atoms with Gasteiger partial charge in [0.25, 0.3) is 0 Å². The van der Waals surface area contributed by atoms with E-state index in [1.807, 2.05) is 0 Å². The molecule has 0 aliphatic rings. The minimum Gasteiger partial charge on any atom is -0.365 e. The molecule has 1 heterocycles. The molecular weight excluding hydrogens is 310 g/mol. The predicted octanol–water partition coefficient (Wildman–Crippen LogP) is 4.73. The van der Waals surface area contributed by atoms with Gasteiger partial charge in [-0.25, -0.2) is 4.98 Å². The highest BCUT2D eigenvalue weighted by Gasteiger charge is 2.34. The van der Waals surface area contributed by atoms with E-state index in [2.05, 4.69) is 10.3 Å². The van der Waals surface area contributed by atoms with E-state index in [9.17, 15) is 26.3 Å². The van der Waals surface area contributed by atoms with Crippen molar-refractivity contribution in [3.8, 4) is 0 Å². The third-order valence-corrected chi connectivity index (χ3v) is 2.83. The average Bonchev–Trinajstić information content (AvgIpc) is 2.44. The molecule has 118 valence electrons. The Labute approximate surface area is 121 Å². The summed E-state index contributed by atoms with van der Waals surface area (Å²) in [6, 6.07) is 6.34. The normalized spacial score (nSPS) is 12.3. The molecule has 2 nitrogen and oxygen atoms in total. The van der Waals surface area contributed by atoms with Gasteiger partial charge in [-0.3, -0.25) is 0 Å². The first-order valence-electron chi connectivity index (χ1n) is 6.10. The van der Waals surface area contributed by atoms with Crippen LogP contribution < -0.4 is 5.32 Å². The molecule has 0 bridgehead atoms. The first-order chi connectivity index (χ1) is 10.2. The maximum absolute atomic E-state index is 12.8. The van der Waals surface area contributed by atoms with Crippen molar-refractivity contribution in [1.82, 2.24) is 4.98 Å². The number of rotatable bonds is 3. The van der Waals surface area contributed by atoms with Crippen molar-refractivity contribution < 1.29 is 26.3 Å². The Morgan fingerprint density at radius 3 is 2.27 bits per heavy atom. The number of pyridine rings is 1. The molecule has 1 N–H and O–H groups in total. The van der Waals surface area contributed by atoms with Crippen LogP contribution in [-0.2, 0) is 18.9 Å². The highest BCUT2D eigenvalue weighted by molar-refractivity contribution is 5.46. The zero-order valence-electron chi connectivity index (χ0n) is 11.0. The van der Waals surface area contributed by atoms with E-state index < -0.39 is 29.3 Å². The Hall–Kier alpha value is -2.25. The topological polar surface area (TPSA) is 24.9 Å². The molecule has 0 saturated carbocycles. The van der Waals surface area contributed by atoms with E-state index in [0.29, 0.717) is 0 Å². The van der Waals surface area contributed by atoms with Crippen LogP contribution in [0.25, 0.3) is 0 Å². The summed E-state index contributed by atoms with van der Waals surface area (Å²) in [7, 11) is 0. The van der Waals surface area contributed by atoms with Gasteiger partial charge in [0.2, 0.25) is 0 Å². The number of nitrogens with zero attached hydrogens (tertiary/aromatic N) is 1. The molecule has 0 atom stereocenters. The minimum absolute atomic E-state index is 0.202. The van der Waals surface area contributed by atoms with Crippen LogP contribution in [-0.4, -0.2) is 4.98 Å². The molecule has 8 heteroatoms. The van der Waals surface area contributed by atoms with Crippen LogP contribution in [0.4, 0.5) is 32.2 Å². The van der Waals surface area contributed by atoms with Gasteiger partial charge in [-0.1, -0.05) is 12.1 Å². The van der Waals surface area contributed by atoms with E-state index in [1.54, 1.807) is 0 Å². The molecule has 0 saturated heterocycles. The molecule has 0 aliphatic heterocycles. The summed E-state index contributed by atoms with van der Waals surface area (Å²) < 4.78 is 76.0. The van der Waals surface area contributed by atoms with Crippen molar-refractivity contribution >= 4 is 5.82 Å². The average molecular weight is 320 g/mol. The van der Waals surface area contributed by atoms with Crippen LogP contribution in [0.3, 0.4) is 0 Å². The molecule has 22 heavy (non-hydrogen) atoms. The molecule has 0 fully saturated rings. The van der Waals surface area contributed by atoms with Crippen LogP contribution in [0.15, 0.2) is 42.6 Å². The van der Waals surface area contributed by atoms with E-state index in [-0.39, 0.29) is 12.1 Å². The van der Waals surface area contributed by atoms with Crippen LogP contribution >= 0.6 is 0 Å². The number of anilines is 1. The standard InChI is InChI=1S/C14H10F6N2/c15-13(16,17)10-4-1-3-9(7-10)8-22-12-11(14(18,19)20)5-2-6-21-12/h1-7H,8H2,(H,21,22). The van der Waals surface area contributed by atoms with Gasteiger partial charge in [0, 0.05) is 12.7 Å². The molecule has 2 rings (SSSR count). The molecule has 0 unspecified atom stereocenters. The molecule has 2 aromatic rings. The predicted molar refractivity (Wildman–Crippen MR) is 68.0 cm³/mol. The van der Waals surface area contributed by atoms with Gasteiger partial charge in [0.15, 0.2) is 0 Å². The number of benzene rings is 1. The number of alkyl halides is 6. The van der Waals surface area contributed by atoms with E-state index in [1.165, 1.54) is 18.3 Å². The smallest absolute Gasteiger partial charge is 0.365 e. The Balaban J connectivity index is 2.18. The second-order valence-electron chi connectivity index (χ2n) is 4.45. The third-order valence-electron chi connectivity index (χ3n) is 2.83. The molecule has 1 aromatic heterocycles. The summed E-state index contributed by atoms with van der Waals surface area (Å²) in [4.78, 5) is 3.58. The molecule has 0 amide bonds. The first kappa shape index (κ1) is 16.1. The third kappa shape index (κ3) is 3.90. The molecular formula is C14H10F6N2. The fourth-order valence-corrected chi connectivity index (χ4v) is 1.82. The van der Waals surface area contributed by atoms with Gasteiger partial charge in [0.1, 0.15) is 5.82 Å². The number of halogens is 6. The highest BCUT2D eigenvalue weighted by atomic mass is 19.4. The lowest BCUT2D eigenvalue weighted by Crippen LogP contribution is -2.12. The van der Waals surface area contributed by atoms with Crippen molar-refractivity contribution in [2.45, 2.75) is 18.9 Å². The minimum atomic E-state index is -4.59. The van der Waals surface area contributed by atoms with Gasteiger partial charge in [-0.05, 0) is 29.8 Å². The number of hydrogen-bond acceptors (Lipinski definition) is 2. The molecule has 0 spiro atoms. The van der Waals surface area contributed by atoms with Crippen LogP contribution in [0.5, 0.6) is 0 Å². The van der Waals surface area contributed by atoms with Crippen molar-refractivity contribution in [3.63, 3.8) is 0 Å². The quantitative estimate of drug-likeness (QED) is 0.827. The SMILES string of the molecule is FC(F)(F)c1cccc(CNc2ncccc2C(F)(F)F)c1. The summed E-state index contributed by atoms with van der Waals surface area (Å²) in [5, 5.41) is 2.42. The fraction of sp³-hybridized carbons (Fsp3) is 0.214. The molecule has 1 aromatic carbocycles. The van der Waals surface area contributed by atoms with Crippen LogP contribution in [0.2, 0.25) is 0 Å². The van der Waals surface area contributed by atoms with Crippen molar-refractivity contribution in [3.05, 3.63) is 59.3 Å². The molecule has 0 radical (unpaired) electrons. The Morgan fingerprint density at radius 1 is 0.909 bits per heavy atom. The lowest BCUT2D eigenvalue weighted by Gasteiger charge is -2.14. The number of nitrogens with one attached hydrogen (secondary N) is 1. The van der Waals surface area contributed by atoms with Crippen molar-refractivity contribution in [2.75, 3.05) is 5.32 Å². The fourth-order valence-electron chi connectivity index (χ4n) is 1.82. The number of aromatic nitrogens is 1. The number of hydrogen-bond donors (Lipinski definition) is 1. The zero-order valence-corrected chi connectivity index (χ0v) is 11.0. The zero-order chi connectivity index (χ0) is 16.4. The van der Waals surface area contributed by atoms with Crippen molar-refractivity contribution in [1.29, 1.82) is 0 Å². The maximum atomic E-state index is 12.8. The summed E-state index contributed by atoms with van der Waals surface area (Å²) in [5.41, 5.74) is -1.63. The second kappa shape index (κ2) is 5.86. The van der Waals surface area contributed by atoms with Crippen LogP contribution in [0.1, 0.15) is 16.7 Å². The molecule has 0 aliphatic carbocycles. The van der Waals surface area contributed by atoms with Gasteiger partial charge >= 0.3 is 12.4 Å². The second-order valence-corrected chi connectivity index (χ2v) is 4.45. The summed E-state index contributed by atoms with van der Waals surface area (Å²) in [6.07, 6.45) is -7.92. The summed E-state index contributed by atoms with van der Waals surface area (Å²) in [6.45, 7) is -0.204. The first-order valence-corrected chi connectivity index (χ1v) is 6.10. The summed E-state index contributed by atoms with van der Waals surface area (Å²) >= 11 is 0. The highest BCUT2D eigenvalue weighted by Crippen LogP contribution is 2.34. The Morgan fingerprint density at radius 2 is 1.64 bits per heavy atom. The van der Waals surface area contributed by atoms with Gasteiger partial charge < -0.3 is 5.32 Å². The van der Waals surface area contributed by atoms with Crippen molar-refractivity contribution in [2.24, 2.45) is 0 Å². The van der Waals surface area contributed by atoms with Crippen LogP contribution in [0, 0.1) is 0 Å². The maximum Gasteiger partial charge on any atom is 0.419 e. The summed E-state index contributed by atoms with van der Waals surface area (Å²) in [5.74, 6) is -0.424. The Kier molecular flexibility index (Phi) is 4.30. The lowest BCUT2D eigenvalue weighted by molar-refractivity contribution is -0.138. The van der Waals surface area contributed by atoms with Gasteiger partial charge in [-0.2, -0.15) is 26.3 Å². The van der Waals surface area contributed by atoms with Gasteiger partial charge in [0.05, 0.1) is 11.1 Å². The van der Waals surface area contributed by atoms with E-state index in [0.717, 1.165) is 24.3 Å². The monoisotopic (exact) mass is 320 g/mol.